The van der Waals surface area contributed by atoms with Crippen LogP contribution in [0.25, 0.3) is 0 Å². The number of ether oxygens (including phenoxy) is 3. The molecule has 12 heteroatoms. The summed E-state index contributed by atoms with van der Waals surface area (Å²) >= 11 is 0. The molecule has 0 saturated heterocycles. The number of carbonyl (C=O) groups is 3. The smallest absolute Gasteiger partial charge is 0.306 e. The molecular formula is C51H90NO10P. The first-order valence-corrected chi connectivity index (χ1v) is 26.9. The topological polar surface area (TPSA) is 137 Å². The van der Waals surface area contributed by atoms with E-state index in [2.05, 4.69) is 47.6 Å². The molecule has 0 aliphatic heterocycles. The lowest BCUT2D eigenvalue weighted by Gasteiger charge is -2.58. The normalized spacial score (nSPS) is 28.8. The van der Waals surface area contributed by atoms with Crippen LogP contribution in [0.4, 0.5) is 0 Å². The van der Waals surface area contributed by atoms with Gasteiger partial charge in [-0.1, -0.05) is 124 Å². The van der Waals surface area contributed by atoms with Crippen molar-refractivity contribution >= 4 is 25.7 Å². The second-order valence-corrected chi connectivity index (χ2v) is 23.5. The minimum atomic E-state index is -4.71. The standard InChI is InChI=1S/C51H90NO10P/c1-10-11-12-13-14-15-16-17-18-22-48(54)62-42(37-60-63(56,57)59-34-33-52(7,8)9)36-58-47(53)27-28-49(55)61-41-29-31-50(5)40(35-41)23-24-43-45-26-25-44(39(4)21-19-20-38(2)3)51(45,6)32-30-46(43)50/h23,38-39,41-46H,10-22,24-37H2,1-9H3/t39-,41?,42?,43+,44-,45+,46+,50+,51-/m0/s1. The van der Waals surface area contributed by atoms with Crippen LogP contribution in [-0.4, -0.2) is 82.1 Å². The molecule has 63 heavy (non-hydrogen) atoms. The fourth-order valence-electron chi connectivity index (χ4n) is 12.0. The average molecular weight is 908 g/mol. The van der Waals surface area contributed by atoms with Gasteiger partial charge >= 0.3 is 17.9 Å². The van der Waals surface area contributed by atoms with Crippen LogP contribution >= 0.6 is 7.82 Å². The predicted octanol–water partition coefficient (Wildman–Crippen LogP) is 11.3. The van der Waals surface area contributed by atoms with Crippen molar-refractivity contribution in [2.75, 3.05) is 47.5 Å². The van der Waals surface area contributed by atoms with E-state index < -0.39 is 45.0 Å². The van der Waals surface area contributed by atoms with Crippen molar-refractivity contribution < 1.29 is 51.6 Å². The molecule has 0 bridgehead atoms. The zero-order chi connectivity index (χ0) is 46.3. The van der Waals surface area contributed by atoms with Crippen LogP contribution in [0.2, 0.25) is 0 Å². The Hall–Kier alpha value is -1.78. The molecule has 0 spiro atoms. The van der Waals surface area contributed by atoms with Crippen molar-refractivity contribution in [3.05, 3.63) is 11.6 Å². The number of unbranched alkanes of at least 4 members (excludes halogenated alkanes) is 8. The van der Waals surface area contributed by atoms with Gasteiger partial charge in [-0.25, -0.2) is 0 Å². The largest absolute Gasteiger partial charge is 0.756 e. The molecule has 10 atom stereocenters. The number of carbonyl (C=O) groups excluding carboxylic acids is 3. The van der Waals surface area contributed by atoms with Crippen LogP contribution in [0.15, 0.2) is 11.6 Å². The van der Waals surface area contributed by atoms with Crippen molar-refractivity contribution in [3.8, 4) is 0 Å². The van der Waals surface area contributed by atoms with Gasteiger partial charge in [-0.2, -0.15) is 0 Å². The van der Waals surface area contributed by atoms with Crippen molar-refractivity contribution in [2.24, 2.45) is 46.3 Å². The van der Waals surface area contributed by atoms with Crippen molar-refractivity contribution in [1.29, 1.82) is 0 Å². The third kappa shape index (κ3) is 17.1. The first-order valence-electron chi connectivity index (χ1n) is 25.4. The summed E-state index contributed by atoms with van der Waals surface area (Å²) in [6.45, 7) is 13.9. The van der Waals surface area contributed by atoms with Gasteiger partial charge < -0.3 is 32.6 Å². The molecular weight excluding hydrogens is 818 g/mol. The number of hydrogen-bond donors (Lipinski definition) is 0. The summed E-state index contributed by atoms with van der Waals surface area (Å²) in [6.07, 6.45) is 24.0. The first-order chi connectivity index (χ1) is 29.8. The molecule has 4 rings (SSSR count). The highest BCUT2D eigenvalue weighted by Gasteiger charge is 2.59. The highest BCUT2D eigenvalue weighted by molar-refractivity contribution is 7.45. The third-order valence-corrected chi connectivity index (χ3v) is 16.7. The lowest BCUT2D eigenvalue weighted by molar-refractivity contribution is -0.870. The van der Waals surface area contributed by atoms with E-state index in [9.17, 15) is 23.8 Å². The summed E-state index contributed by atoms with van der Waals surface area (Å²) in [4.78, 5) is 51.2. The summed E-state index contributed by atoms with van der Waals surface area (Å²) in [5.41, 5.74) is 2.04. The monoisotopic (exact) mass is 908 g/mol. The van der Waals surface area contributed by atoms with E-state index in [1.807, 2.05) is 21.1 Å². The number of esters is 3. The Balaban J connectivity index is 1.22. The van der Waals surface area contributed by atoms with Crippen molar-refractivity contribution in [3.63, 3.8) is 0 Å². The SMILES string of the molecule is CCCCCCCCCCCC(=O)OC(COC(=O)CCC(=O)OC1CC[C@]2(C)C(=CC[C@@H]3[C@H]4CC[C@@H]([C@@H](C)CCCC(C)C)[C@]4(C)CC[C@H]32)C1)COP(=O)([O-])OCC[N+](C)(C)C. The maximum Gasteiger partial charge on any atom is 0.306 e. The van der Waals surface area contributed by atoms with E-state index in [1.165, 1.54) is 82.6 Å². The number of phosphoric acid groups is 1. The van der Waals surface area contributed by atoms with Gasteiger partial charge in [0, 0.05) is 12.8 Å². The minimum Gasteiger partial charge on any atom is -0.756 e. The number of allylic oxidation sites excluding steroid dienone is 1. The number of quaternary nitrogens is 1. The molecule has 0 aromatic rings. The summed E-state index contributed by atoms with van der Waals surface area (Å²) in [7, 11) is 1.03. The lowest BCUT2D eigenvalue weighted by Crippen LogP contribution is -2.51. The molecule has 0 aromatic carbocycles. The number of rotatable bonds is 29. The molecule has 0 radical (unpaired) electrons. The maximum absolute atomic E-state index is 13.1. The Morgan fingerprint density at radius 2 is 1.48 bits per heavy atom. The Morgan fingerprint density at radius 1 is 0.794 bits per heavy atom. The minimum absolute atomic E-state index is 0.0735. The fourth-order valence-corrected chi connectivity index (χ4v) is 12.8. The molecule has 4 aliphatic rings. The average Bonchev–Trinajstić information content (AvgIpc) is 3.57. The Kier molecular flexibility index (Phi) is 21.7. The highest BCUT2D eigenvalue weighted by atomic mass is 31.2. The first kappa shape index (κ1) is 53.8. The van der Waals surface area contributed by atoms with E-state index >= 15 is 0 Å². The molecule has 4 aliphatic carbocycles. The van der Waals surface area contributed by atoms with E-state index in [0.717, 1.165) is 74.5 Å². The number of phosphoric ester groups is 1. The third-order valence-electron chi connectivity index (χ3n) is 15.7. The Bertz CT molecular complexity index is 1510. The van der Waals surface area contributed by atoms with Gasteiger partial charge in [0.25, 0.3) is 7.82 Å². The van der Waals surface area contributed by atoms with Gasteiger partial charge in [0.05, 0.1) is 40.6 Å². The second kappa shape index (κ2) is 25.4. The van der Waals surface area contributed by atoms with Gasteiger partial charge in [0.15, 0.2) is 6.10 Å². The molecule has 364 valence electrons. The predicted molar refractivity (Wildman–Crippen MR) is 247 cm³/mol. The van der Waals surface area contributed by atoms with Gasteiger partial charge in [-0.05, 0) is 97.7 Å². The van der Waals surface area contributed by atoms with Crippen LogP contribution in [-0.2, 0) is 42.2 Å². The lowest BCUT2D eigenvalue weighted by atomic mass is 9.47. The highest BCUT2D eigenvalue weighted by Crippen LogP contribution is 2.67. The van der Waals surface area contributed by atoms with Gasteiger partial charge in [-0.15, -0.1) is 0 Å². The summed E-state index contributed by atoms with van der Waals surface area (Å²) in [6, 6.07) is 0. The summed E-state index contributed by atoms with van der Waals surface area (Å²) in [5.74, 6) is 3.00. The Morgan fingerprint density at radius 3 is 2.16 bits per heavy atom. The number of likely N-dealkylation sites (N-methyl/N-ethyl adjacent to an activating group) is 1. The molecule has 0 heterocycles. The van der Waals surface area contributed by atoms with Crippen LogP contribution in [0, 0.1) is 46.3 Å². The second-order valence-electron chi connectivity index (χ2n) is 22.1. The molecule has 3 unspecified atom stereocenters. The number of fused-ring (bicyclic) bond motifs is 5. The maximum atomic E-state index is 13.1. The molecule has 11 nitrogen and oxygen atoms in total. The molecule has 0 N–H and O–H groups in total. The van der Waals surface area contributed by atoms with E-state index in [1.54, 1.807) is 0 Å². The Labute approximate surface area is 383 Å². The number of hydrogen-bond acceptors (Lipinski definition) is 10. The van der Waals surface area contributed by atoms with E-state index in [0.29, 0.717) is 28.8 Å². The molecule has 0 aromatic heterocycles. The number of nitrogens with zero attached hydrogens (tertiary/aromatic N) is 1. The quantitative estimate of drug-likeness (QED) is 0.0178. The van der Waals surface area contributed by atoms with Crippen LogP contribution < -0.4 is 4.89 Å². The molecule has 3 fully saturated rings. The zero-order valence-corrected chi connectivity index (χ0v) is 42.2. The van der Waals surface area contributed by atoms with Gasteiger partial charge in [0.1, 0.15) is 25.9 Å². The van der Waals surface area contributed by atoms with Crippen LogP contribution in [0.3, 0.4) is 0 Å². The van der Waals surface area contributed by atoms with Gasteiger partial charge in [0.2, 0.25) is 0 Å². The summed E-state index contributed by atoms with van der Waals surface area (Å²) in [5, 5.41) is 0. The van der Waals surface area contributed by atoms with Crippen molar-refractivity contribution in [2.45, 2.75) is 201 Å². The summed E-state index contributed by atoms with van der Waals surface area (Å²) < 4.78 is 40.0. The van der Waals surface area contributed by atoms with Crippen LogP contribution in [0.5, 0.6) is 0 Å². The van der Waals surface area contributed by atoms with E-state index in [-0.39, 0.29) is 37.4 Å². The fraction of sp³-hybridized carbons (Fsp3) is 0.902. The van der Waals surface area contributed by atoms with E-state index in [4.69, 9.17) is 23.3 Å². The zero-order valence-electron chi connectivity index (χ0n) is 41.3. The van der Waals surface area contributed by atoms with Gasteiger partial charge in [-0.3, -0.25) is 18.9 Å². The molecule has 0 amide bonds. The van der Waals surface area contributed by atoms with Crippen molar-refractivity contribution in [1.82, 2.24) is 0 Å². The molecule has 3 saturated carbocycles. The van der Waals surface area contributed by atoms with Crippen LogP contribution in [0.1, 0.15) is 189 Å².